The Kier molecular flexibility index (Phi) is 11.9. The number of benzene rings is 4. The molecular weight excluding hydrogens is 598 g/mol. The third-order valence-corrected chi connectivity index (χ3v) is 7.58. The Labute approximate surface area is 274 Å². The van der Waals surface area contributed by atoms with Gasteiger partial charge in [0, 0.05) is 38.3 Å². The molecule has 0 bridgehead atoms. The predicted octanol–water partition coefficient (Wildman–Crippen LogP) is 4.56. The number of carbonyl (C=O) groups is 4. The van der Waals surface area contributed by atoms with E-state index in [4.69, 9.17) is 9.47 Å². The van der Waals surface area contributed by atoms with Gasteiger partial charge in [-0.25, -0.2) is 9.59 Å². The number of rotatable bonds is 12. The Hall–Kier alpha value is -5.84. The number of anilines is 2. The van der Waals surface area contributed by atoms with Crippen LogP contribution in [0.2, 0.25) is 0 Å². The molecule has 0 spiro atoms. The molecule has 0 saturated heterocycles. The van der Waals surface area contributed by atoms with Crippen LogP contribution >= 0.6 is 0 Å². The summed E-state index contributed by atoms with van der Waals surface area (Å²) in [5, 5.41) is 7.53. The normalized spacial score (nSPS) is 11.7. The topological polar surface area (TPSA) is 129 Å². The molecule has 0 aliphatic carbocycles. The lowest BCUT2D eigenvalue weighted by molar-refractivity contribution is -0.120. The molecule has 4 aromatic rings. The summed E-state index contributed by atoms with van der Waals surface area (Å²) >= 11 is 0. The van der Waals surface area contributed by atoms with Crippen LogP contribution in [0.15, 0.2) is 109 Å². The summed E-state index contributed by atoms with van der Waals surface area (Å²) in [7, 11) is 6.32. The fourth-order valence-corrected chi connectivity index (χ4v) is 4.93. The molecule has 11 nitrogen and oxygen atoms in total. The van der Waals surface area contributed by atoms with Crippen molar-refractivity contribution >= 4 is 35.3 Å². The van der Waals surface area contributed by atoms with E-state index >= 15 is 0 Å². The summed E-state index contributed by atoms with van der Waals surface area (Å²) in [6.07, 6.45) is 0.355. The molecule has 0 heterocycles. The minimum absolute atomic E-state index is 0.178. The van der Waals surface area contributed by atoms with E-state index in [9.17, 15) is 19.2 Å². The van der Waals surface area contributed by atoms with Gasteiger partial charge in [0.05, 0.1) is 14.2 Å². The van der Waals surface area contributed by atoms with Gasteiger partial charge in [-0.15, -0.1) is 0 Å². The van der Waals surface area contributed by atoms with Crippen LogP contribution in [-0.4, -0.2) is 64.3 Å². The number of nitrogens with one attached hydrogen (secondary N) is 3. The molecular formula is C36H39N5O6. The second-order valence-corrected chi connectivity index (χ2v) is 10.7. The van der Waals surface area contributed by atoms with E-state index in [1.54, 1.807) is 76.8 Å². The van der Waals surface area contributed by atoms with Crippen molar-refractivity contribution in [3.05, 3.63) is 120 Å². The molecule has 0 fully saturated rings. The molecule has 4 aromatic carbocycles. The molecule has 4 rings (SSSR count). The van der Waals surface area contributed by atoms with Gasteiger partial charge in [0.2, 0.25) is 11.8 Å². The fourth-order valence-electron chi connectivity index (χ4n) is 4.93. The standard InChI is InChI=1S/C36H39N5O6/c1-40(27-15-19-29(46-3)20-16-27)33(42)31(23-25-11-7-5-8-12-25)37-35(44)39-36(45)38-32(24-26-13-9-6-10-14-26)34(43)41(2)28-17-21-30(47-4)22-18-28/h5-22,31-32H,23-24H2,1-4H3,(H3,37,38,39,44,45)/t31-,32-/m0/s1. The van der Waals surface area contributed by atoms with Crippen LogP contribution in [-0.2, 0) is 22.4 Å². The number of urea groups is 2. The number of likely N-dealkylation sites (N-methyl/N-ethyl adjacent to an activating group) is 2. The molecule has 244 valence electrons. The molecule has 0 saturated carbocycles. The Morgan fingerprint density at radius 2 is 0.894 bits per heavy atom. The number of imide groups is 1. The molecule has 0 aliphatic heterocycles. The van der Waals surface area contributed by atoms with E-state index in [0.717, 1.165) is 11.1 Å². The van der Waals surface area contributed by atoms with Crippen molar-refractivity contribution in [1.82, 2.24) is 16.0 Å². The van der Waals surface area contributed by atoms with Crippen molar-refractivity contribution < 1.29 is 28.7 Å². The third-order valence-electron chi connectivity index (χ3n) is 7.58. The molecule has 0 unspecified atom stereocenters. The summed E-state index contributed by atoms with van der Waals surface area (Å²) < 4.78 is 10.4. The molecule has 47 heavy (non-hydrogen) atoms. The monoisotopic (exact) mass is 637 g/mol. The van der Waals surface area contributed by atoms with Crippen molar-refractivity contribution in [2.45, 2.75) is 24.9 Å². The van der Waals surface area contributed by atoms with Gasteiger partial charge in [-0.05, 0) is 59.7 Å². The zero-order valence-electron chi connectivity index (χ0n) is 26.8. The average Bonchev–Trinajstić information content (AvgIpc) is 3.10. The summed E-state index contributed by atoms with van der Waals surface area (Å²) in [6.45, 7) is 0. The molecule has 2 atom stereocenters. The highest BCUT2D eigenvalue weighted by atomic mass is 16.5. The Bertz CT molecular complexity index is 1510. The number of hydrogen-bond donors (Lipinski definition) is 3. The largest absolute Gasteiger partial charge is 0.497 e. The second-order valence-electron chi connectivity index (χ2n) is 10.7. The molecule has 6 amide bonds. The van der Waals surface area contributed by atoms with Crippen LogP contribution in [0, 0.1) is 0 Å². The van der Waals surface area contributed by atoms with Crippen LogP contribution in [0.5, 0.6) is 11.5 Å². The maximum Gasteiger partial charge on any atom is 0.323 e. The van der Waals surface area contributed by atoms with Crippen molar-refractivity contribution in [1.29, 1.82) is 0 Å². The quantitative estimate of drug-likeness (QED) is 0.209. The van der Waals surface area contributed by atoms with Gasteiger partial charge in [-0.3, -0.25) is 14.9 Å². The summed E-state index contributed by atoms with van der Waals surface area (Å²) in [6, 6.07) is 28.5. The lowest BCUT2D eigenvalue weighted by atomic mass is 10.0. The zero-order valence-corrected chi connectivity index (χ0v) is 26.8. The second kappa shape index (κ2) is 16.5. The lowest BCUT2D eigenvalue weighted by Gasteiger charge is -2.26. The molecule has 0 aliphatic rings. The molecule has 0 radical (unpaired) electrons. The maximum atomic E-state index is 13.6. The van der Waals surface area contributed by atoms with E-state index in [0.29, 0.717) is 22.9 Å². The van der Waals surface area contributed by atoms with Crippen molar-refractivity contribution in [2.24, 2.45) is 0 Å². The number of nitrogens with zero attached hydrogens (tertiary/aromatic N) is 2. The summed E-state index contributed by atoms with van der Waals surface area (Å²) in [5.74, 6) is 0.483. The number of amides is 6. The van der Waals surface area contributed by atoms with Crippen LogP contribution in [0.3, 0.4) is 0 Å². The van der Waals surface area contributed by atoms with Crippen LogP contribution in [0.25, 0.3) is 0 Å². The smallest absolute Gasteiger partial charge is 0.323 e. The number of hydrogen-bond acceptors (Lipinski definition) is 6. The lowest BCUT2D eigenvalue weighted by Crippen LogP contribution is -2.57. The highest BCUT2D eigenvalue weighted by Crippen LogP contribution is 2.21. The van der Waals surface area contributed by atoms with Gasteiger partial charge in [-0.1, -0.05) is 60.7 Å². The molecule has 3 N–H and O–H groups in total. The van der Waals surface area contributed by atoms with Gasteiger partial charge in [0.25, 0.3) is 0 Å². The first kappa shape index (κ1) is 34.0. The first-order chi connectivity index (χ1) is 22.7. The van der Waals surface area contributed by atoms with Gasteiger partial charge >= 0.3 is 12.1 Å². The van der Waals surface area contributed by atoms with E-state index in [1.807, 2.05) is 60.7 Å². The minimum Gasteiger partial charge on any atom is -0.497 e. The maximum absolute atomic E-state index is 13.6. The zero-order chi connectivity index (χ0) is 33.8. The van der Waals surface area contributed by atoms with E-state index in [2.05, 4.69) is 16.0 Å². The number of ether oxygens (including phenoxy) is 2. The van der Waals surface area contributed by atoms with Crippen LogP contribution in [0.1, 0.15) is 11.1 Å². The van der Waals surface area contributed by atoms with Crippen molar-refractivity contribution in [2.75, 3.05) is 38.1 Å². The third kappa shape index (κ3) is 9.57. The van der Waals surface area contributed by atoms with Crippen molar-refractivity contribution in [3.8, 4) is 11.5 Å². The van der Waals surface area contributed by atoms with Gasteiger partial charge in [-0.2, -0.15) is 0 Å². The van der Waals surface area contributed by atoms with Crippen molar-refractivity contribution in [3.63, 3.8) is 0 Å². The average molecular weight is 638 g/mol. The summed E-state index contributed by atoms with van der Waals surface area (Å²) in [5.41, 5.74) is 2.82. The molecule has 11 heteroatoms. The Balaban J connectivity index is 1.48. The summed E-state index contributed by atoms with van der Waals surface area (Å²) in [4.78, 5) is 56.4. The van der Waals surface area contributed by atoms with Crippen LogP contribution < -0.4 is 35.2 Å². The van der Waals surface area contributed by atoms with Gasteiger partial charge in [0.1, 0.15) is 23.6 Å². The van der Waals surface area contributed by atoms with E-state index in [1.165, 1.54) is 9.80 Å². The van der Waals surface area contributed by atoms with Gasteiger partial charge in [0.15, 0.2) is 0 Å². The first-order valence-electron chi connectivity index (χ1n) is 15.0. The first-order valence-corrected chi connectivity index (χ1v) is 15.0. The molecule has 0 aromatic heterocycles. The Morgan fingerprint density at radius 1 is 0.553 bits per heavy atom. The van der Waals surface area contributed by atoms with E-state index < -0.39 is 36.0 Å². The van der Waals surface area contributed by atoms with Gasteiger partial charge < -0.3 is 29.9 Å². The highest BCUT2D eigenvalue weighted by Gasteiger charge is 2.29. The number of methoxy groups -OCH3 is 2. The SMILES string of the molecule is COc1ccc(N(C)C(=O)[C@H](Cc2ccccc2)NC(=O)NC(=O)N[C@@H](Cc2ccccc2)C(=O)N(C)c2ccc(OC)cc2)cc1. The highest BCUT2D eigenvalue weighted by molar-refractivity contribution is 6.03. The predicted molar refractivity (Wildman–Crippen MR) is 181 cm³/mol. The Morgan fingerprint density at radius 3 is 1.21 bits per heavy atom. The van der Waals surface area contributed by atoms with E-state index in [-0.39, 0.29) is 12.8 Å². The minimum atomic E-state index is -1.01. The number of carbonyl (C=O) groups excluding carboxylic acids is 4. The van der Waals surface area contributed by atoms with Crippen LogP contribution in [0.4, 0.5) is 21.0 Å². The fraction of sp³-hybridized carbons (Fsp3) is 0.222.